The van der Waals surface area contributed by atoms with E-state index in [9.17, 15) is 19.4 Å². The van der Waals surface area contributed by atoms with Crippen molar-refractivity contribution < 1.29 is 23.8 Å². The van der Waals surface area contributed by atoms with Gasteiger partial charge in [-0.1, -0.05) is 44.0 Å². The van der Waals surface area contributed by atoms with Crippen LogP contribution >= 0.6 is 10.2 Å². The average Bonchev–Trinajstić information content (AvgIpc) is 2.66. The van der Waals surface area contributed by atoms with Crippen molar-refractivity contribution in [2.45, 2.75) is 42.9 Å². The molecule has 0 saturated heterocycles. The van der Waals surface area contributed by atoms with Crippen molar-refractivity contribution in [3.05, 3.63) is 71.3 Å². The van der Waals surface area contributed by atoms with Crippen molar-refractivity contribution >= 4 is 16.0 Å². The van der Waals surface area contributed by atoms with Gasteiger partial charge in [-0.05, 0) is 66.5 Å². The van der Waals surface area contributed by atoms with Crippen LogP contribution in [0.2, 0.25) is 0 Å². The summed E-state index contributed by atoms with van der Waals surface area (Å²) in [5.74, 6) is -0.177. The highest BCUT2D eigenvalue weighted by Crippen LogP contribution is 3.02. The molecule has 10 heteroatoms. The van der Waals surface area contributed by atoms with Gasteiger partial charge in [0.2, 0.25) is 0 Å². The van der Waals surface area contributed by atoms with Gasteiger partial charge in [-0.2, -0.15) is 0 Å². The Kier molecular flexibility index (Phi) is 5.00. The molecule has 1 aromatic heterocycles. The summed E-state index contributed by atoms with van der Waals surface area (Å²) in [5.41, 5.74) is 7.24. The Bertz CT molecular complexity index is 1160. The van der Waals surface area contributed by atoms with E-state index >= 15 is 4.39 Å². The number of nitrogens with zero attached hydrogens (tertiary/aromatic N) is 2. The van der Waals surface area contributed by atoms with E-state index < -0.39 is 20.9 Å². The zero-order valence-electron chi connectivity index (χ0n) is 16.9. The minimum atomic E-state index is -9.78. The molecule has 0 unspecified atom stereocenters. The molecule has 0 spiro atoms. The van der Waals surface area contributed by atoms with E-state index in [1.807, 2.05) is 0 Å². The first-order chi connectivity index (χ1) is 14.8. The molecule has 172 valence electrons. The van der Waals surface area contributed by atoms with Crippen molar-refractivity contribution in [3.63, 3.8) is 0 Å². The van der Waals surface area contributed by atoms with E-state index in [0.717, 1.165) is 30.9 Å². The summed E-state index contributed by atoms with van der Waals surface area (Å²) in [6.45, 7) is 0. The van der Waals surface area contributed by atoms with Crippen molar-refractivity contribution in [1.29, 1.82) is 0 Å². The van der Waals surface area contributed by atoms with Gasteiger partial charge in [0.05, 0.1) is 18.1 Å². The minimum absolute atomic E-state index is 0.0187. The Morgan fingerprint density at radius 2 is 1.69 bits per heavy atom. The number of halogens is 6. The second-order valence-corrected chi connectivity index (χ2v) is 10.5. The fraction of sp³-hybridized carbons (Fsp3) is 0.273. The standard InChI is InChI=1S/C22H21F6N3S/c23-22-18(8-7-14-3-1-6-16(11-14)32(24,25,26,27)28)17(15-4-2-5-15)9-10-19(22)20-12-31-21(29)13-30-20/h1,3,6,9-13,15H,2,4-5,7-8H2,(H2,29,31). The van der Waals surface area contributed by atoms with Gasteiger partial charge in [0, 0.05) is 5.56 Å². The molecule has 0 radical (unpaired) electrons. The molecular weight excluding hydrogens is 452 g/mol. The molecule has 0 atom stereocenters. The topological polar surface area (TPSA) is 51.8 Å². The second-order valence-electron chi connectivity index (χ2n) is 8.07. The Morgan fingerprint density at radius 3 is 2.28 bits per heavy atom. The third-order valence-electron chi connectivity index (χ3n) is 5.78. The molecule has 0 aliphatic heterocycles. The molecule has 1 saturated carbocycles. The molecule has 0 amide bonds. The number of nitrogens with two attached hydrogens (primary N) is 1. The second kappa shape index (κ2) is 7.13. The highest BCUT2D eigenvalue weighted by molar-refractivity contribution is 8.45. The predicted molar refractivity (Wildman–Crippen MR) is 114 cm³/mol. The first-order valence-corrected chi connectivity index (χ1v) is 12.0. The number of hydrogen-bond donors (Lipinski definition) is 1. The molecule has 3 nitrogen and oxygen atoms in total. The summed E-state index contributed by atoms with van der Waals surface area (Å²) in [5, 5.41) is 0. The lowest BCUT2D eigenvalue weighted by Crippen LogP contribution is -2.14. The lowest BCUT2D eigenvalue weighted by atomic mass is 9.77. The van der Waals surface area contributed by atoms with Gasteiger partial charge in [-0.3, -0.25) is 4.98 Å². The summed E-state index contributed by atoms with van der Waals surface area (Å²) in [6, 6.07) is 6.53. The molecule has 4 rings (SSSR count). The van der Waals surface area contributed by atoms with Crippen LogP contribution in [0.3, 0.4) is 0 Å². The van der Waals surface area contributed by atoms with E-state index in [2.05, 4.69) is 9.97 Å². The first-order valence-electron chi connectivity index (χ1n) is 10.0. The fourth-order valence-electron chi connectivity index (χ4n) is 3.88. The quantitative estimate of drug-likeness (QED) is 0.376. The van der Waals surface area contributed by atoms with Gasteiger partial charge in [0.25, 0.3) is 0 Å². The number of aromatic nitrogens is 2. The zero-order valence-corrected chi connectivity index (χ0v) is 17.7. The summed E-state index contributed by atoms with van der Waals surface area (Å²) in [4.78, 5) is 6.09. The fourth-order valence-corrected chi connectivity index (χ4v) is 4.59. The number of aryl methyl sites for hydroxylation is 1. The van der Waals surface area contributed by atoms with Gasteiger partial charge >= 0.3 is 10.2 Å². The number of anilines is 1. The molecule has 1 aliphatic rings. The largest absolute Gasteiger partial charge is 0.382 e. The molecule has 3 aromatic rings. The van der Waals surface area contributed by atoms with Crippen LogP contribution in [0, 0.1) is 5.82 Å². The van der Waals surface area contributed by atoms with Crippen molar-refractivity contribution in [2.75, 3.05) is 5.73 Å². The van der Waals surface area contributed by atoms with E-state index in [1.165, 1.54) is 18.5 Å². The monoisotopic (exact) mass is 473 g/mol. The molecule has 2 N–H and O–H groups in total. The summed E-state index contributed by atoms with van der Waals surface area (Å²) in [6.07, 6.45) is 5.51. The van der Waals surface area contributed by atoms with Crippen molar-refractivity contribution in [3.8, 4) is 11.3 Å². The molecule has 2 aromatic carbocycles. The first kappa shape index (κ1) is 22.4. The SMILES string of the molecule is Nc1cnc(-c2ccc(C3CCC3)c(CCc3cccc(S(F)(F)(F)(F)F)c3)c2F)cn1. The van der Waals surface area contributed by atoms with Crippen LogP contribution in [-0.4, -0.2) is 9.97 Å². The lowest BCUT2D eigenvalue weighted by Gasteiger charge is -2.40. The maximum atomic E-state index is 15.5. The van der Waals surface area contributed by atoms with Gasteiger partial charge in [0.1, 0.15) is 16.5 Å². The average molecular weight is 473 g/mol. The maximum Gasteiger partial charge on any atom is 0.310 e. The zero-order chi connectivity index (χ0) is 23.2. The Balaban J connectivity index is 1.68. The maximum absolute atomic E-state index is 15.5. The van der Waals surface area contributed by atoms with Gasteiger partial charge in [-0.25, -0.2) is 9.37 Å². The van der Waals surface area contributed by atoms with Crippen LogP contribution in [0.25, 0.3) is 11.3 Å². The predicted octanol–water partition coefficient (Wildman–Crippen LogP) is 7.58. The number of nitrogen functional groups attached to an aromatic ring is 1. The van der Waals surface area contributed by atoms with Crippen molar-refractivity contribution in [1.82, 2.24) is 9.97 Å². The number of hydrogen-bond acceptors (Lipinski definition) is 3. The van der Waals surface area contributed by atoms with E-state index in [1.54, 1.807) is 12.1 Å². The van der Waals surface area contributed by atoms with Crippen LogP contribution in [0.5, 0.6) is 0 Å². The van der Waals surface area contributed by atoms with Crippen LogP contribution in [0.4, 0.5) is 29.6 Å². The van der Waals surface area contributed by atoms with Gasteiger partial charge < -0.3 is 5.73 Å². The van der Waals surface area contributed by atoms with E-state index in [0.29, 0.717) is 17.7 Å². The molecule has 1 fully saturated rings. The number of benzene rings is 2. The van der Waals surface area contributed by atoms with Crippen molar-refractivity contribution in [2.24, 2.45) is 0 Å². The number of rotatable bonds is 6. The summed E-state index contributed by atoms with van der Waals surface area (Å²) < 4.78 is 81.4. The third kappa shape index (κ3) is 4.69. The normalized spacial score (nSPS) is 16.8. The highest BCUT2D eigenvalue weighted by atomic mass is 32.5. The van der Waals surface area contributed by atoms with Crippen LogP contribution in [0.1, 0.15) is 41.9 Å². The highest BCUT2D eigenvalue weighted by Gasteiger charge is 2.65. The summed E-state index contributed by atoms with van der Waals surface area (Å²) in [7, 11) is -9.78. The third-order valence-corrected chi connectivity index (χ3v) is 6.92. The Labute approximate surface area is 181 Å². The van der Waals surface area contributed by atoms with Gasteiger partial charge in [0.15, 0.2) is 0 Å². The molecule has 1 heterocycles. The van der Waals surface area contributed by atoms with Gasteiger partial charge in [-0.15, -0.1) is 0 Å². The minimum Gasteiger partial charge on any atom is -0.382 e. The lowest BCUT2D eigenvalue weighted by molar-refractivity contribution is 0.364. The summed E-state index contributed by atoms with van der Waals surface area (Å²) >= 11 is 0. The Morgan fingerprint density at radius 1 is 0.938 bits per heavy atom. The van der Waals surface area contributed by atoms with E-state index in [-0.39, 0.29) is 41.4 Å². The van der Waals surface area contributed by atoms with Crippen LogP contribution in [0.15, 0.2) is 53.7 Å². The molecular formula is C22H21F6N3S. The Hall–Kier alpha value is -2.75. The smallest absolute Gasteiger partial charge is 0.310 e. The van der Waals surface area contributed by atoms with E-state index in [4.69, 9.17) is 5.73 Å². The van der Waals surface area contributed by atoms with Crippen LogP contribution in [-0.2, 0) is 12.8 Å². The molecule has 32 heavy (non-hydrogen) atoms. The van der Waals surface area contributed by atoms with Crippen LogP contribution < -0.4 is 5.73 Å². The molecule has 1 aliphatic carbocycles. The molecule has 0 bridgehead atoms.